The van der Waals surface area contributed by atoms with Crippen LogP contribution in [0.5, 0.6) is 0 Å². The zero-order chi connectivity index (χ0) is 18.1. The molecule has 0 aliphatic rings. The van der Waals surface area contributed by atoms with Crippen LogP contribution in [0.3, 0.4) is 0 Å². The molecule has 4 nitrogen and oxygen atoms in total. The first-order valence-electron chi connectivity index (χ1n) is 8.50. The van der Waals surface area contributed by atoms with E-state index in [0.717, 1.165) is 12.0 Å². The van der Waals surface area contributed by atoms with Crippen molar-refractivity contribution in [2.75, 3.05) is 5.32 Å². The maximum Gasteiger partial charge on any atom is 0.335 e. The van der Waals surface area contributed by atoms with Crippen LogP contribution >= 0.6 is 0 Å². The lowest BCUT2D eigenvalue weighted by Crippen LogP contribution is -2.08. The summed E-state index contributed by atoms with van der Waals surface area (Å²) in [4.78, 5) is 22.7. The Bertz CT molecular complexity index is 731. The Kier molecular flexibility index (Phi) is 6.96. The standard InChI is InChI=1S/C21H23NO3/c1-2-3-4-5-16-6-8-17(9-7-16)10-15-20(23)22-19-13-11-18(12-14-19)21(24)25/h6-15H,2-5H2,1H3,(H,22,23)(H,24,25)/b15-10+. The van der Waals surface area contributed by atoms with Gasteiger partial charge in [-0.1, -0.05) is 44.0 Å². The minimum Gasteiger partial charge on any atom is -0.478 e. The van der Waals surface area contributed by atoms with Gasteiger partial charge in [-0.25, -0.2) is 4.79 Å². The molecule has 2 N–H and O–H groups in total. The molecule has 4 heteroatoms. The molecule has 0 saturated carbocycles. The number of hydrogen-bond acceptors (Lipinski definition) is 2. The Hall–Kier alpha value is -2.88. The smallest absolute Gasteiger partial charge is 0.335 e. The summed E-state index contributed by atoms with van der Waals surface area (Å²) in [5.74, 6) is -1.24. The van der Waals surface area contributed by atoms with Crippen LogP contribution in [0.2, 0.25) is 0 Å². The van der Waals surface area contributed by atoms with Gasteiger partial charge in [0.25, 0.3) is 0 Å². The van der Waals surface area contributed by atoms with Crippen molar-refractivity contribution < 1.29 is 14.7 Å². The quantitative estimate of drug-likeness (QED) is 0.538. The van der Waals surface area contributed by atoms with Gasteiger partial charge in [0.05, 0.1) is 5.56 Å². The molecule has 25 heavy (non-hydrogen) atoms. The molecule has 130 valence electrons. The van der Waals surface area contributed by atoms with Crippen LogP contribution in [0, 0.1) is 0 Å². The number of nitrogens with one attached hydrogen (secondary N) is 1. The lowest BCUT2D eigenvalue weighted by Gasteiger charge is -2.03. The van der Waals surface area contributed by atoms with Gasteiger partial charge >= 0.3 is 5.97 Å². The van der Waals surface area contributed by atoms with E-state index in [-0.39, 0.29) is 11.5 Å². The molecule has 0 atom stereocenters. The predicted molar refractivity (Wildman–Crippen MR) is 101 cm³/mol. The van der Waals surface area contributed by atoms with Crippen LogP contribution in [0.15, 0.2) is 54.6 Å². The molecular formula is C21H23NO3. The second-order valence-electron chi connectivity index (χ2n) is 5.90. The highest BCUT2D eigenvalue weighted by atomic mass is 16.4. The van der Waals surface area contributed by atoms with Crippen LogP contribution < -0.4 is 5.32 Å². The first kappa shape index (κ1) is 18.5. The van der Waals surface area contributed by atoms with Crippen LogP contribution in [0.4, 0.5) is 5.69 Å². The molecule has 0 aliphatic carbocycles. The Morgan fingerprint density at radius 2 is 1.68 bits per heavy atom. The summed E-state index contributed by atoms with van der Waals surface area (Å²) in [5.41, 5.74) is 3.03. The summed E-state index contributed by atoms with van der Waals surface area (Å²) in [6, 6.07) is 14.3. The second kappa shape index (κ2) is 9.42. The van der Waals surface area contributed by atoms with Gasteiger partial charge < -0.3 is 10.4 Å². The molecule has 0 aliphatic heterocycles. The van der Waals surface area contributed by atoms with Crippen molar-refractivity contribution in [3.63, 3.8) is 0 Å². The van der Waals surface area contributed by atoms with Gasteiger partial charge in [-0.3, -0.25) is 4.79 Å². The molecule has 0 spiro atoms. The van der Waals surface area contributed by atoms with Crippen LogP contribution in [0.1, 0.15) is 47.7 Å². The van der Waals surface area contributed by atoms with Crippen LogP contribution in [-0.4, -0.2) is 17.0 Å². The highest BCUT2D eigenvalue weighted by molar-refractivity contribution is 6.02. The fourth-order valence-corrected chi connectivity index (χ4v) is 2.43. The lowest BCUT2D eigenvalue weighted by molar-refractivity contribution is -0.111. The van der Waals surface area contributed by atoms with E-state index >= 15 is 0 Å². The fourth-order valence-electron chi connectivity index (χ4n) is 2.43. The summed E-state index contributed by atoms with van der Waals surface area (Å²) in [6.45, 7) is 2.19. The summed E-state index contributed by atoms with van der Waals surface area (Å²) >= 11 is 0. The molecule has 0 radical (unpaired) electrons. The number of aryl methyl sites for hydroxylation is 1. The third-order valence-corrected chi connectivity index (χ3v) is 3.88. The molecule has 2 aromatic carbocycles. The van der Waals surface area contributed by atoms with E-state index in [9.17, 15) is 9.59 Å². The van der Waals surface area contributed by atoms with Gasteiger partial charge in [-0.05, 0) is 54.3 Å². The number of carboxylic acids is 1. The third kappa shape index (κ3) is 6.26. The minimum absolute atomic E-state index is 0.188. The Balaban J connectivity index is 1.87. The number of aromatic carboxylic acids is 1. The molecule has 0 fully saturated rings. The number of rotatable bonds is 8. The van der Waals surface area contributed by atoms with Crippen LogP contribution in [-0.2, 0) is 11.2 Å². The highest BCUT2D eigenvalue weighted by Gasteiger charge is 2.03. The van der Waals surface area contributed by atoms with Crippen molar-refractivity contribution in [2.24, 2.45) is 0 Å². The predicted octanol–water partition coefficient (Wildman–Crippen LogP) is 4.77. The number of benzene rings is 2. The van der Waals surface area contributed by atoms with E-state index in [1.54, 1.807) is 18.2 Å². The number of carbonyl (C=O) groups is 2. The maximum atomic E-state index is 11.9. The summed E-state index contributed by atoms with van der Waals surface area (Å²) < 4.78 is 0. The summed E-state index contributed by atoms with van der Waals surface area (Å²) in [7, 11) is 0. The molecule has 0 bridgehead atoms. The molecule has 2 aromatic rings. The molecule has 0 aromatic heterocycles. The molecule has 1 amide bonds. The lowest BCUT2D eigenvalue weighted by atomic mass is 10.1. The number of carbonyl (C=O) groups excluding carboxylic acids is 1. The van der Waals surface area contributed by atoms with Gasteiger partial charge in [0.15, 0.2) is 0 Å². The average Bonchev–Trinajstić information content (AvgIpc) is 2.62. The highest BCUT2D eigenvalue weighted by Crippen LogP contribution is 2.12. The topological polar surface area (TPSA) is 66.4 Å². The molecule has 2 rings (SSSR count). The first-order chi connectivity index (χ1) is 12.1. The zero-order valence-electron chi connectivity index (χ0n) is 14.4. The second-order valence-corrected chi connectivity index (χ2v) is 5.90. The van der Waals surface area contributed by atoms with Crippen molar-refractivity contribution in [1.29, 1.82) is 0 Å². The van der Waals surface area contributed by atoms with E-state index < -0.39 is 5.97 Å². The molecular weight excluding hydrogens is 314 g/mol. The Morgan fingerprint density at radius 1 is 1.00 bits per heavy atom. The average molecular weight is 337 g/mol. The van der Waals surface area contributed by atoms with E-state index in [2.05, 4.69) is 24.4 Å². The molecule has 0 unspecified atom stereocenters. The number of anilines is 1. The first-order valence-corrected chi connectivity index (χ1v) is 8.50. The fraction of sp³-hybridized carbons (Fsp3) is 0.238. The number of amides is 1. The van der Waals surface area contributed by atoms with Crippen molar-refractivity contribution in [2.45, 2.75) is 32.6 Å². The molecule has 0 heterocycles. The van der Waals surface area contributed by atoms with Gasteiger partial charge in [-0.2, -0.15) is 0 Å². The van der Waals surface area contributed by atoms with Gasteiger partial charge in [0.1, 0.15) is 0 Å². The van der Waals surface area contributed by atoms with E-state index in [1.807, 2.05) is 12.1 Å². The SMILES string of the molecule is CCCCCc1ccc(/C=C/C(=O)Nc2ccc(C(=O)O)cc2)cc1. The van der Waals surface area contributed by atoms with Crippen LogP contribution in [0.25, 0.3) is 6.08 Å². The minimum atomic E-state index is -0.990. The Morgan fingerprint density at radius 3 is 2.28 bits per heavy atom. The summed E-state index contributed by atoms with van der Waals surface area (Å²) in [5, 5.41) is 11.6. The monoisotopic (exact) mass is 337 g/mol. The van der Waals surface area contributed by atoms with E-state index in [1.165, 1.54) is 43.0 Å². The number of carboxylic acid groups (broad SMARTS) is 1. The van der Waals surface area contributed by atoms with Crippen molar-refractivity contribution in [1.82, 2.24) is 0 Å². The Labute approximate surface area is 148 Å². The number of unbranched alkanes of at least 4 members (excludes halogenated alkanes) is 2. The van der Waals surface area contributed by atoms with Crippen molar-refractivity contribution >= 4 is 23.6 Å². The zero-order valence-corrected chi connectivity index (χ0v) is 14.4. The molecule has 0 saturated heterocycles. The van der Waals surface area contributed by atoms with Crippen molar-refractivity contribution in [3.05, 3.63) is 71.3 Å². The summed E-state index contributed by atoms with van der Waals surface area (Å²) in [6.07, 6.45) is 7.98. The van der Waals surface area contributed by atoms with E-state index in [4.69, 9.17) is 5.11 Å². The maximum absolute atomic E-state index is 11.9. The van der Waals surface area contributed by atoms with E-state index in [0.29, 0.717) is 5.69 Å². The van der Waals surface area contributed by atoms with Gasteiger partial charge in [0, 0.05) is 11.8 Å². The third-order valence-electron chi connectivity index (χ3n) is 3.88. The number of hydrogen-bond donors (Lipinski definition) is 2. The van der Waals surface area contributed by atoms with Gasteiger partial charge in [0.2, 0.25) is 5.91 Å². The van der Waals surface area contributed by atoms with Gasteiger partial charge in [-0.15, -0.1) is 0 Å². The van der Waals surface area contributed by atoms with Crippen molar-refractivity contribution in [3.8, 4) is 0 Å². The largest absolute Gasteiger partial charge is 0.478 e. The normalized spacial score (nSPS) is 10.8.